The molecule has 0 amide bonds. The van der Waals surface area contributed by atoms with Crippen LogP contribution < -0.4 is 0 Å². The smallest absolute Gasteiger partial charge is 0.0731 e. The summed E-state index contributed by atoms with van der Waals surface area (Å²) in [6, 6.07) is 20.4. The molecular formula is C17H10ClN. The number of aromatic nitrogens is 1. The van der Waals surface area contributed by atoms with Crippen LogP contribution >= 0.6 is 11.6 Å². The maximum absolute atomic E-state index is 6.61. The van der Waals surface area contributed by atoms with Crippen molar-refractivity contribution in [2.75, 3.05) is 0 Å². The molecule has 0 fully saturated rings. The predicted molar refractivity (Wildman–Crippen MR) is 81.8 cm³/mol. The molecule has 0 radical (unpaired) electrons. The summed E-state index contributed by atoms with van der Waals surface area (Å²) in [5.41, 5.74) is 1.89. The van der Waals surface area contributed by atoms with Gasteiger partial charge in [-0.15, -0.1) is 0 Å². The molecule has 0 saturated heterocycles. The third-order valence-corrected chi connectivity index (χ3v) is 3.90. The zero-order chi connectivity index (χ0) is 12.8. The van der Waals surface area contributed by atoms with Crippen molar-refractivity contribution in [2.45, 2.75) is 0 Å². The summed E-state index contributed by atoms with van der Waals surface area (Å²) in [4.78, 5) is 4.70. The Labute approximate surface area is 115 Å². The minimum Gasteiger partial charge on any atom is -0.248 e. The molecule has 3 aromatic carbocycles. The Morgan fingerprint density at radius 1 is 0.684 bits per heavy atom. The fraction of sp³-hybridized carbons (Fsp3) is 0. The van der Waals surface area contributed by atoms with Gasteiger partial charge in [0.1, 0.15) is 0 Å². The first kappa shape index (κ1) is 10.8. The summed E-state index contributed by atoms with van der Waals surface area (Å²) in [6.45, 7) is 0. The second kappa shape index (κ2) is 3.94. The van der Waals surface area contributed by atoms with E-state index in [0.29, 0.717) is 0 Å². The normalized spacial score (nSPS) is 11.4. The highest BCUT2D eigenvalue weighted by atomic mass is 35.5. The van der Waals surface area contributed by atoms with E-state index in [0.717, 1.165) is 32.2 Å². The largest absolute Gasteiger partial charge is 0.248 e. The van der Waals surface area contributed by atoms with Gasteiger partial charge in [-0.1, -0.05) is 60.1 Å². The molecule has 0 aliphatic carbocycles. The summed E-state index contributed by atoms with van der Waals surface area (Å²) in [5, 5.41) is 5.18. The summed E-state index contributed by atoms with van der Waals surface area (Å²) in [7, 11) is 0. The molecule has 1 nitrogen and oxygen atoms in total. The monoisotopic (exact) mass is 263 g/mol. The lowest BCUT2D eigenvalue weighted by molar-refractivity contribution is 1.51. The number of para-hydroxylation sites is 1. The summed E-state index contributed by atoms with van der Waals surface area (Å²) >= 11 is 6.61. The fourth-order valence-electron chi connectivity index (χ4n) is 2.61. The van der Waals surface area contributed by atoms with Crippen LogP contribution in [0.15, 0.2) is 60.7 Å². The minimum absolute atomic E-state index is 0.789. The van der Waals surface area contributed by atoms with Gasteiger partial charge >= 0.3 is 0 Å². The number of rotatable bonds is 0. The van der Waals surface area contributed by atoms with Crippen molar-refractivity contribution in [3.05, 3.63) is 65.7 Å². The number of hydrogen-bond acceptors (Lipinski definition) is 1. The van der Waals surface area contributed by atoms with Gasteiger partial charge in [-0.3, -0.25) is 0 Å². The van der Waals surface area contributed by atoms with Crippen molar-refractivity contribution in [3.63, 3.8) is 0 Å². The van der Waals surface area contributed by atoms with Gasteiger partial charge in [0.2, 0.25) is 0 Å². The molecule has 0 saturated carbocycles. The number of pyridine rings is 1. The van der Waals surface area contributed by atoms with Gasteiger partial charge < -0.3 is 0 Å². The number of nitrogens with zero attached hydrogens (tertiary/aromatic N) is 1. The standard InChI is InChI=1S/C17H10ClN/c18-17-13-7-3-4-8-14(13)19-15-10-9-11-5-1-2-6-12(11)16(15)17/h1-10H. The first-order chi connectivity index (χ1) is 9.34. The Bertz CT molecular complexity index is 928. The number of fused-ring (bicyclic) bond motifs is 4. The lowest BCUT2D eigenvalue weighted by Crippen LogP contribution is -1.86. The molecule has 90 valence electrons. The quantitative estimate of drug-likeness (QED) is 0.314. The van der Waals surface area contributed by atoms with Crippen molar-refractivity contribution >= 4 is 44.2 Å². The van der Waals surface area contributed by atoms with Crippen molar-refractivity contribution < 1.29 is 0 Å². The second-order valence-corrected chi connectivity index (χ2v) is 5.00. The van der Waals surface area contributed by atoms with Crippen molar-refractivity contribution in [2.24, 2.45) is 0 Å². The Balaban J connectivity index is 2.33. The number of benzene rings is 3. The van der Waals surface area contributed by atoms with Gasteiger partial charge in [-0.2, -0.15) is 0 Å². The van der Waals surface area contributed by atoms with Crippen LogP contribution in [0.2, 0.25) is 5.02 Å². The van der Waals surface area contributed by atoms with Gasteiger partial charge in [-0.05, 0) is 22.9 Å². The van der Waals surface area contributed by atoms with E-state index in [9.17, 15) is 0 Å². The first-order valence-corrected chi connectivity index (χ1v) is 6.58. The van der Waals surface area contributed by atoms with E-state index in [2.05, 4.69) is 18.2 Å². The van der Waals surface area contributed by atoms with Crippen LogP contribution in [-0.4, -0.2) is 4.98 Å². The van der Waals surface area contributed by atoms with Crippen LogP contribution in [0.25, 0.3) is 32.6 Å². The molecule has 0 atom stereocenters. The van der Waals surface area contributed by atoms with E-state index in [1.54, 1.807) is 0 Å². The van der Waals surface area contributed by atoms with E-state index in [-0.39, 0.29) is 0 Å². The van der Waals surface area contributed by atoms with Crippen LogP contribution in [0.1, 0.15) is 0 Å². The summed E-state index contributed by atoms with van der Waals surface area (Å²) in [5.74, 6) is 0. The SMILES string of the molecule is Clc1c2ccccc2nc2ccc3ccccc3c12. The van der Waals surface area contributed by atoms with Gasteiger partial charge in [0.05, 0.1) is 16.1 Å². The average molecular weight is 264 g/mol. The Hall–Kier alpha value is -2.12. The number of hydrogen-bond donors (Lipinski definition) is 0. The third-order valence-electron chi connectivity index (χ3n) is 3.51. The number of halogens is 1. The van der Waals surface area contributed by atoms with Crippen LogP contribution in [0.5, 0.6) is 0 Å². The minimum atomic E-state index is 0.789. The topological polar surface area (TPSA) is 12.9 Å². The molecule has 0 bridgehead atoms. The highest BCUT2D eigenvalue weighted by Gasteiger charge is 2.09. The summed E-state index contributed by atoms with van der Waals surface area (Å²) < 4.78 is 0. The molecule has 0 unspecified atom stereocenters. The van der Waals surface area contributed by atoms with Crippen LogP contribution in [0.4, 0.5) is 0 Å². The molecule has 19 heavy (non-hydrogen) atoms. The Morgan fingerprint density at radius 3 is 2.32 bits per heavy atom. The van der Waals surface area contributed by atoms with Gasteiger partial charge in [-0.25, -0.2) is 4.98 Å². The molecule has 1 aromatic heterocycles. The van der Waals surface area contributed by atoms with Crippen molar-refractivity contribution in [3.8, 4) is 0 Å². The molecule has 2 heteroatoms. The van der Waals surface area contributed by atoms with Crippen LogP contribution in [0, 0.1) is 0 Å². The first-order valence-electron chi connectivity index (χ1n) is 6.20. The van der Waals surface area contributed by atoms with E-state index < -0.39 is 0 Å². The second-order valence-electron chi connectivity index (χ2n) is 4.62. The fourth-order valence-corrected chi connectivity index (χ4v) is 2.96. The van der Waals surface area contributed by atoms with E-state index in [4.69, 9.17) is 16.6 Å². The van der Waals surface area contributed by atoms with Gasteiger partial charge in [0, 0.05) is 10.8 Å². The molecule has 4 aromatic rings. The molecule has 4 rings (SSSR count). The van der Waals surface area contributed by atoms with Crippen LogP contribution in [0.3, 0.4) is 0 Å². The molecular weight excluding hydrogens is 254 g/mol. The van der Waals surface area contributed by atoms with Gasteiger partial charge in [0.15, 0.2) is 0 Å². The molecule has 0 spiro atoms. The molecule has 0 aliphatic heterocycles. The maximum atomic E-state index is 6.61. The van der Waals surface area contributed by atoms with Crippen molar-refractivity contribution in [1.29, 1.82) is 0 Å². The zero-order valence-electron chi connectivity index (χ0n) is 10.1. The zero-order valence-corrected chi connectivity index (χ0v) is 10.9. The highest BCUT2D eigenvalue weighted by molar-refractivity contribution is 6.42. The Kier molecular flexibility index (Phi) is 2.23. The predicted octanol–water partition coefficient (Wildman–Crippen LogP) is 5.19. The lowest BCUT2D eigenvalue weighted by Gasteiger charge is -2.08. The average Bonchev–Trinajstić information content (AvgIpc) is 2.47. The third kappa shape index (κ3) is 1.52. The van der Waals surface area contributed by atoms with Gasteiger partial charge in [0.25, 0.3) is 0 Å². The van der Waals surface area contributed by atoms with E-state index in [1.807, 2.05) is 42.5 Å². The Morgan fingerprint density at radius 2 is 1.42 bits per heavy atom. The van der Waals surface area contributed by atoms with Crippen LogP contribution in [-0.2, 0) is 0 Å². The van der Waals surface area contributed by atoms with E-state index >= 15 is 0 Å². The maximum Gasteiger partial charge on any atom is 0.0731 e. The van der Waals surface area contributed by atoms with Crippen molar-refractivity contribution in [1.82, 2.24) is 4.98 Å². The highest BCUT2D eigenvalue weighted by Crippen LogP contribution is 2.34. The molecule has 1 heterocycles. The lowest BCUT2D eigenvalue weighted by atomic mass is 10.0. The molecule has 0 aliphatic rings. The van der Waals surface area contributed by atoms with E-state index in [1.165, 1.54) is 5.39 Å². The summed E-state index contributed by atoms with van der Waals surface area (Å²) in [6.07, 6.45) is 0. The molecule has 0 N–H and O–H groups in total.